The van der Waals surface area contributed by atoms with E-state index in [0.29, 0.717) is 32.5 Å². The molecule has 1 aromatic rings. The quantitative estimate of drug-likeness (QED) is 0.545. The lowest BCUT2D eigenvalue weighted by molar-refractivity contribution is -0.174. The first kappa shape index (κ1) is 27.4. The van der Waals surface area contributed by atoms with E-state index in [9.17, 15) is 31.1 Å². The maximum atomic E-state index is 13.8. The molecule has 212 valence electrons. The highest BCUT2D eigenvalue weighted by molar-refractivity contribution is 5.84. The summed E-state index contributed by atoms with van der Waals surface area (Å²) in [4.78, 5) is 24.3. The fraction of sp³-hybridized carbons (Fsp3) is 0.792. The molecule has 14 heteroatoms. The van der Waals surface area contributed by atoms with E-state index in [0.717, 1.165) is 12.4 Å². The van der Waals surface area contributed by atoms with Crippen LogP contribution < -0.4 is 10.2 Å². The van der Waals surface area contributed by atoms with Gasteiger partial charge in [-0.05, 0) is 32.1 Å². The third-order valence-corrected chi connectivity index (χ3v) is 8.40. The summed E-state index contributed by atoms with van der Waals surface area (Å²) < 4.78 is 91.5. The Labute approximate surface area is 216 Å². The van der Waals surface area contributed by atoms with Crippen molar-refractivity contribution in [1.29, 1.82) is 0 Å². The summed E-state index contributed by atoms with van der Waals surface area (Å²) in [6.07, 6.45) is -7.94. The van der Waals surface area contributed by atoms with Crippen LogP contribution in [0.3, 0.4) is 0 Å². The minimum atomic E-state index is -4.62. The molecule has 0 spiro atoms. The molecule has 38 heavy (non-hydrogen) atoms. The van der Waals surface area contributed by atoms with Crippen LogP contribution in [0.15, 0.2) is 12.4 Å². The number of alkyl halides is 6. The second-order valence-corrected chi connectivity index (χ2v) is 10.8. The first-order chi connectivity index (χ1) is 17.9. The second kappa shape index (κ2) is 10.1. The van der Waals surface area contributed by atoms with Crippen LogP contribution in [0.2, 0.25) is 0 Å². The number of likely N-dealkylation sites (tertiary alicyclic amines) is 1. The lowest BCUT2D eigenvalue weighted by atomic mass is 9.80. The summed E-state index contributed by atoms with van der Waals surface area (Å²) >= 11 is 0. The molecule has 0 radical (unpaired) electrons. The van der Waals surface area contributed by atoms with Crippen LogP contribution in [0.1, 0.15) is 44.2 Å². The molecule has 1 N–H and O–H groups in total. The number of methoxy groups -OCH3 is 1. The molecule has 3 saturated heterocycles. The van der Waals surface area contributed by atoms with Crippen LogP contribution >= 0.6 is 0 Å². The van der Waals surface area contributed by atoms with Gasteiger partial charge in [0, 0.05) is 45.0 Å². The van der Waals surface area contributed by atoms with Crippen molar-refractivity contribution in [2.24, 2.45) is 5.41 Å². The van der Waals surface area contributed by atoms with E-state index in [-0.39, 0.29) is 62.0 Å². The molecule has 2 bridgehead atoms. The zero-order valence-electron chi connectivity index (χ0n) is 20.9. The first-order valence-corrected chi connectivity index (χ1v) is 12.8. The zero-order chi connectivity index (χ0) is 27.3. The number of nitrogens with one attached hydrogen (secondary N) is 1. The SMILES string of the molecule is CO[C@@H]1COCC[C@@H]1N[C@@H]1CC[C@](CC(F)(F)F)(C(=O)N2C[C@H]3C[C@H]2CN3c2cc(C(F)(F)F)ncn2)C1. The number of hydrogen-bond donors (Lipinski definition) is 1. The van der Waals surface area contributed by atoms with Crippen LogP contribution in [0.4, 0.5) is 32.2 Å². The summed E-state index contributed by atoms with van der Waals surface area (Å²) in [5.74, 6) is -0.411. The van der Waals surface area contributed by atoms with E-state index in [4.69, 9.17) is 9.47 Å². The Bertz CT molecular complexity index is 1030. The highest BCUT2D eigenvalue weighted by Crippen LogP contribution is 2.49. The van der Waals surface area contributed by atoms with Crippen LogP contribution in [0.25, 0.3) is 0 Å². The molecule has 8 nitrogen and oxygen atoms in total. The molecule has 4 aliphatic rings. The molecule has 4 fully saturated rings. The summed E-state index contributed by atoms with van der Waals surface area (Å²) in [5.41, 5.74) is -2.63. The van der Waals surface area contributed by atoms with Gasteiger partial charge in [-0.2, -0.15) is 26.3 Å². The molecular weight excluding hydrogens is 520 g/mol. The lowest BCUT2D eigenvalue weighted by Crippen LogP contribution is -2.54. The Kier molecular flexibility index (Phi) is 7.27. The summed E-state index contributed by atoms with van der Waals surface area (Å²) in [6.45, 7) is 1.29. The van der Waals surface area contributed by atoms with Crippen molar-refractivity contribution in [3.05, 3.63) is 18.1 Å². The van der Waals surface area contributed by atoms with Crippen LogP contribution in [0.5, 0.6) is 0 Å². The molecule has 1 saturated carbocycles. The number of fused-ring (bicyclic) bond motifs is 2. The van der Waals surface area contributed by atoms with Gasteiger partial charge < -0.3 is 24.6 Å². The predicted octanol–water partition coefficient (Wildman–Crippen LogP) is 3.17. The maximum absolute atomic E-state index is 13.8. The van der Waals surface area contributed by atoms with Crippen molar-refractivity contribution >= 4 is 11.7 Å². The van der Waals surface area contributed by atoms with Crippen molar-refractivity contribution in [1.82, 2.24) is 20.2 Å². The molecule has 4 heterocycles. The molecule has 1 aliphatic carbocycles. The van der Waals surface area contributed by atoms with E-state index >= 15 is 0 Å². The normalized spacial score (nSPS) is 33.8. The number of anilines is 1. The summed E-state index contributed by atoms with van der Waals surface area (Å²) in [5, 5.41) is 3.43. The largest absolute Gasteiger partial charge is 0.433 e. The van der Waals surface area contributed by atoms with Gasteiger partial charge in [-0.3, -0.25) is 4.79 Å². The van der Waals surface area contributed by atoms with Gasteiger partial charge in [0.2, 0.25) is 5.91 Å². The van der Waals surface area contributed by atoms with Crippen molar-refractivity contribution in [2.45, 2.75) is 81.1 Å². The van der Waals surface area contributed by atoms with Crippen molar-refractivity contribution < 1.29 is 40.6 Å². The fourth-order valence-electron chi connectivity index (χ4n) is 6.68. The highest BCUT2D eigenvalue weighted by atomic mass is 19.4. The van der Waals surface area contributed by atoms with E-state index in [1.54, 1.807) is 12.0 Å². The Morgan fingerprint density at radius 3 is 2.63 bits per heavy atom. The van der Waals surface area contributed by atoms with Crippen LogP contribution in [0, 0.1) is 5.41 Å². The predicted molar refractivity (Wildman–Crippen MR) is 122 cm³/mol. The van der Waals surface area contributed by atoms with Gasteiger partial charge in [0.1, 0.15) is 17.8 Å². The Morgan fingerprint density at radius 1 is 1.18 bits per heavy atom. The van der Waals surface area contributed by atoms with Gasteiger partial charge in [0.15, 0.2) is 0 Å². The van der Waals surface area contributed by atoms with Gasteiger partial charge in [0.25, 0.3) is 0 Å². The van der Waals surface area contributed by atoms with E-state index in [2.05, 4.69) is 15.3 Å². The van der Waals surface area contributed by atoms with Crippen molar-refractivity contribution in [2.75, 3.05) is 38.3 Å². The van der Waals surface area contributed by atoms with Crippen LogP contribution in [-0.2, 0) is 20.4 Å². The topological polar surface area (TPSA) is 79.8 Å². The maximum Gasteiger partial charge on any atom is 0.433 e. The molecule has 1 amide bonds. The van der Waals surface area contributed by atoms with Crippen molar-refractivity contribution in [3.63, 3.8) is 0 Å². The van der Waals surface area contributed by atoms with Gasteiger partial charge in [-0.15, -0.1) is 0 Å². The molecule has 0 unspecified atom stereocenters. The average Bonchev–Trinajstić information content (AvgIpc) is 3.58. The molecular formula is C24H31F6N5O3. The molecule has 1 aromatic heterocycles. The fourth-order valence-corrected chi connectivity index (χ4v) is 6.68. The Hall–Kier alpha value is -2.19. The Balaban J connectivity index is 1.29. The number of hydrogen-bond acceptors (Lipinski definition) is 7. The van der Waals surface area contributed by atoms with E-state index in [1.165, 1.54) is 4.90 Å². The lowest BCUT2D eigenvalue weighted by Gasteiger charge is -2.40. The number of rotatable bonds is 6. The summed E-state index contributed by atoms with van der Waals surface area (Å²) in [7, 11) is 1.57. The standard InChI is InChI=1S/C24H31F6N5O3/c1-37-18-11-38-5-3-17(18)33-14-2-4-22(8-14,12-23(25,26)27)21(36)35-10-15-6-16(35)9-34(15)20-7-19(24(28,29)30)31-13-32-20/h7,13-18,33H,2-6,8-12H2,1H3/t14-,15-,16+,17+,18-,22+/m1/s1. The third-order valence-electron chi connectivity index (χ3n) is 8.40. The highest BCUT2D eigenvalue weighted by Gasteiger charge is 2.57. The number of nitrogens with zero attached hydrogens (tertiary/aromatic N) is 4. The smallest absolute Gasteiger partial charge is 0.379 e. The van der Waals surface area contributed by atoms with Gasteiger partial charge in [-0.25, -0.2) is 9.97 Å². The van der Waals surface area contributed by atoms with Gasteiger partial charge >= 0.3 is 12.4 Å². The van der Waals surface area contributed by atoms with Crippen molar-refractivity contribution in [3.8, 4) is 0 Å². The van der Waals surface area contributed by atoms with E-state index in [1.807, 2.05) is 0 Å². The Morgan fingerprint density at radius 2 is 1.97 bits per heavy atom. The summed E-state index contributed by atoms with van der Waals surface area (Å²) in [6, 6.07) is -0.166. The first-order valence-electron chi connectivity index (χ1n) is 12.8. The second-order valence-electron chi connectivity index (χ2n) is 10.8. The number of aromatic nitrogens is 2. The van der Waals surface area contributed by atoms with E-state index < -0.39 is 35.8 Å². The minimum Gasteiger partial charge on any atom is -0.379 e. The number of ether oxygens (including phenoxy) is 2. The zero-order valence-corrected chi connectivity index (χ0v) is 20.9. The number of carbonyl (C=O) groups excluding carboxylic acids is 1. The number of carbonyl (C=O) groups is 1. The monoisotopic (exact) mass is 551 g/mol. The minimum absolute atomic E-state index is 0.0671. The molecule has 5 rings (SSSR count). The number of halogens is 6. The number of piperazine rings is 1. The molecule has 6 atom stereocenters. The van der Waals surface area contributed by atoms with Gasteiger partial charge in [0.05, 0.1) is 36.6 Å². The average molecular weight is 552 g/mol. The molecule has 3 aliphatic heterocycles. The third kappa shape index (κ3) is 5.44. The molecule has 0 aromatic carbocycles. The number of amides is 1. The van der Waals surface area contributed by atoms with Gasteiger partial charge in [-0.1, -0.05) is 0 Å². The van der Waals surface area contributed by atoms with Crippen LogP contribution in [-0.4, -0.2) is 90.6 Å².